The molecule has 0 aliphatic rings. The van der Waals surface area contributed by atoms with Gasteiger partial charge < -0.3 is 9.47 Å². The van der Waals surface area contributed by atoms with Gasteiger partial charge in [-0.2, -0.15) is 0 Å². The Kier molecular flexibility index (Phi) is 7.91. The fraction of sp³-hybridized carbons (Fsp3) is 0.130. The molecule has 2 amide bonds. The van der Waals surface area contributed by atoms with Gasteiger partial charge in [0.1, 0.15) is 17.1 Å². The summed E-state index contributed by atoms with van der Waals surface area (Å²) in [6.07, 6.45) is 0. The van der Waals surface area contributed by atoms with E-state index < -0.39 is 33.1 Å². The average Bonchev–Trinajstić information content (AvgIpc) is 2.90. The number of ether oxygens (including phenoxy) is 2. The van der Waals surface area contributed by atoms with Gasteiger partial charge >= 0.3 is 0 Å². The van der Waals surface area contributed by atoms with Crippen molar-refractivity contribution in [3.8, 4) is 11.5 Å². The predicted octanol–water partition coefficient (Wildman–Crippen LogP) is 2.34. The first kappa shape index (κ1) is 25.5. The molecule has 0 heterocycles. The number of nitrogens with zero attached hydrogens (tertiary/aromatic N) is 1. The second-order valence-corrected chi connectivity index (χ2v) is 8.96. The minimum Gasteiger partial charge on any atom is -0.497 e. The molecule has 0 aliphatic heterocycles. The summed E-state index contributed by atoms with van der Waals surface area (Å²) in [5.74, 6) is -1.92. The quantitative estimate of drug-likeness (QED) is 0.257. The Morgan fingerprint density at radius 1 is 0.857 bits per heavy atom. The van der Waals surface area contributed by atoms with Gasteiger partial charge in [0.25, 0.3) is 21.8 Å². The highest BCUT2D eigenvalue weighted by Gasteiger charge is 2.34. The van der Waals surface area contributed by atoms with E-state index in [2.05, 4.69) is 0 Å². The van der Waals surface area contributed by atoms with Crippen molar-refractivity contribution in [2.24, 2.45) is 0 Å². The van der Waals surface area contributed by atoms with Gasteiger partial charge in [-0.25, -0.2) is 19.4 Å². The van der Waals surface area contributed by atoms with Crippen LogP contribution in [0.4, 0.5) is 5.69 Å². The van der Waals surface area contributed by atoms with Crippen LogP contribution in [0, 0.1) is 0 Å². The van der Waals surface area contributed by atoms with Crippen molar-refractivity contribution < 1.29 is 37.9 Å². The summed E-state index contributed by atoms with van der Waals surface area (Å²) < 4.78 is 39.0. The van der Waals surface area contributed by atoms with Crippen LogP contribution in [0.15, 0.2) is 71.6 Å². The first-order valence-corrected chi connectivity index (χ1v) is 11.5. The van der Waals surface area contributed by atoms with Gasteiger partial charge in [-0.05, 0) is 42.0 Å². The fourth-order valence-electron chi connectivity index (χ4n) is 3.43. The monoisotopic (exact) mass is 501 g/mol. The number of hydrogen-bond acceptors (Lipinski definition) is 8. The lowest BCUT2D eigenvalue weighted by Crippen LogP contribution is -2.36. The van der Waals surface area contributed by atoms with Crippen LogP contribution in [0.5, 0.6) is 11.5 Å². The second-order valence-electron chi connectivity index (χ2n) is 7.09. The SMILES string of the molecule is COc1ccc(S(=O)(=O)N(Cc2ccccc2)c2c(C(=O)NO)ccc(OC)c2C(=O)NO)cc1. The molecule has 0 radical (unpaired) electrons. The molecule has 0 bridgehead atoms. The number of sulfonamides is 1. The highest BCUT2D eigenvalue weighted by Crippen LogP contribution is 2.37. The van der Waals surface area contributed by atoms with Gasteiger partial charge in [0.05, 0.1) is 36.9 Å². The van der Waals surface area contributed by atoms with E-state index in [-0.39, 0.29) is 22.8 Å². The number of carbonyl (C=O) groups is 2. The number of rotatable bonds is 9. The standard InChI is InChI=1S/C23H23N3O8S/c1-33-16-8-10-17(11-9-16)35(31,32)26(14-15-6-4-3-5-7-15)21-18(22(27)24-29)12-13-19(34-2)20(21)23(28)25-30/h3-13,29-30H,14H2,1-2H3,(H,24,27)(H,25,28). The molecule has 35 heavy (non-hydrogen) atoms. The molecule has 0 saturated heterocycles. The van der Waals surface area contributed by atoms with E-state index in [1.165, 1.54) is 61.6 Å². The number of hydroxylamine groups is 2. The molecule has 4 N–H and O–H groups in total. The van der Waals surface area contributed by atoms with Crippen LogP contribution in [0.2, 0.25) is 0 Å². The fourth-order valence-corrected chi connectivity index (χ4v) is 4.91. The van der Waals surface area contributed by atoms with E-state index in [4.69, 9.17) is 9.47 Å². The van der Waals surface area contributed by atoms with Crippen LogP contribution in [0.25, 0.3) is 0 Å². The number of nitrogens with one attached hydrogen (secondary N) is 2. The molecule has 3 aromatic rings. The first-order valence-electron chi connectivity index (χ1n) is 10.1. The lowest BCUT2D eigenvalue weighted by Gasteiger charge is -2.29. The third kappa shape index (κ3) is 5.19. The Labute approximate surface area is 201 Å². The van der Waals surface area contributed by atoms with Crippen LogP contribution in [0.1, 0.15) is 26.3 Å². The van der Waals surface area contributed by atoms with Crippen molar-refractivity contribution >= 4 is 27.5 Å². The number of anilines is 1. The largest absolute Gasteiger partial charge is 0.497 e. The third-order valence-electron chi connectivity index (χ3n) is 5.10. The molecule has 0 fully saturated rings. The smallest absolute Gasteiger partial charge is 0.280 e. The Balaban J connectivity index is 2.38. The number of benzene rings is 3. The number of amides is 2. The molecule has 0 aliphatic carbocycles. The van der Waals surface area contributed by atoms with Crippen LogP contribution in [-0.4, -0.2) is 44.9 Å². The molecule has 3 aromatic carbocycles. The lowest BCUT2D eigenvalue weighted by molar-refractivity contribution is 0.0701. The highest BCUT2D eigenvalue weighted by atomic mass is 32.2. The van der Waals surface area contributed by atoms with E-state index in [1.54, 1.807) is 30.3 Å². The maximum Gasteiger partial charge on any atom is 0.280 e. The molecule has 0 aromatic heterocycles. The summed E-state index contributed by atoms with van der Waals surface area (Å²) in [5.41, 5.74) is 2.22. The average molecular weight is 502 g/mol. The highest BCUT2D eigenvalue weighted by molar-refractivity contribution is 7.92. The minimum absolute atomic E-state index is 0.121. The Morgan fingerprint density at radius 3 is 2.03 bits per heavy atom. The Bertz CT molecular complexity index is 1310. The maximum atomic E-state index is 13.9. The normalized spacial score (nSPS) is 10.9. The maximum absolute atomic E-state index is 13.9. The summed E-state index contributed by atoms with van der Waals surface area (Å²) in [6, 6.07) is 16.4. The van der Waals surface area contributed by atoms with E-state index in [0.29, 0.717) is 11.3 Å². The van der Waals surface area contributed by atoms with Gasteiger partial charge in [-0.1, -0.05) is 30.3 Å². The van der Waals surface area contributed by atoms with Gasteiger partial charge in [0.15, 0.2) is 0 Å². The number of methoxy groups -OCH3 is 2. The van der Waals surface area contributed by atoms with Crippen molar-refractivity contribution in [2.45, 2.75) is 11.4 Å². The topological polar surface area (TPSA) is 154 Å². The molecule has 3 rings (SSSR count). The van der Waals surface area contributed by atoms with Crippen molar-refractivity contribution in [1.82, 2.24) is 11.0 Å². The molecule has 184 valence electrons. The Morgan fingerprint density at radius 2 is 1.49 bits per heavy atom. The summed E-state index contributed by atoms with van der Waals surface area (Å²) in [6.45, 7) is -0.306. The summed E-state index contributed by atoms with van der Waals surface area (Å²) in [5, 5.41) is 18.7. The molecular weight excluding hydrogens is 478 g/mol. The second kappa shape index (κ2) is 10.9. The number of hydrogen-bond donors (Lipinski definition) is 4. The van der Waals surface area contributed by atoms with E-state index in [1.807, 2.05) is 0 Å². The third-order valence-corrected chi connectivity index (χ3v) is 6.86. The zero-order valence-electron chi connectivity index (χ0n) is 18.8. The molecule has 0 atom stereocenters. The molecule has 0 spiro atoms. The summed E-state index contributed by atoms with van der Waals surface area (Å²) in [4.78, 5) is 25.1. The molecule has 0 unspecified atom stereocenters. The van der Waals surface area contributed by atoms with E-state index in [9.17, 15) is 28.4 Å². The first-order chi connectivity index (χ1) is 16.8. The van der Waals surface area contributed by atoms with Crippen molar-refractivity contribution in [3.05, 3.63) is 83.4 Å². The summed E-state index contributed by atoms with van der Waals surface area (Å²) >= 11 is 0. The van der Waals surface area contributed by atoms with Crippen LogP contribution in [0.3, 0.4) is 0 Å². The van der Waals surface area contributed by atoms with Gasteiger partial charge in [-0.15, -0.1) is 0 Å². The molecule has 12 heteroatoms. The zero-order chi connectivity index (χ0) is 25.6. The van der Waals surface area contributed by atoms with Crippen LogP contribution < -0.4 is 24.7 Å². The van der Waals surface area contributed by atoms with Crippen LogP contribution in [-0.2, 0) is 16.6 Å². The lowest BCUT2D eigenvalue weighted by atomic mass is 10.0. The Hall–Kier alpha value is -4.13. The predicted molar refractivity (Wildman–Crippen MR) is 124 cm³/mol. The molecule has 11 nitrogen and oxygen atoms in total. The number of carbonyl (C=O) groups excluding carboxylic acids is 2. The van der Waals surface area contributed by atoms with Crippen LogP contribution >= 0.6 is 0 Å². The van der Waals surface area contributed by atoms with Crippen molar-refractivity contribution in [2.75, 3.05) is 18.5 Å². The van der Waals surface area contributed by atoms with Gasteiger partial charge in [0, 0.05) is 0 Å². The molecular formula is C23H23N3O8S. The van der Waals surface area contributed by atoms with Gasteiger partial charge in [-0.3, -0.25) is 24.3 Å². The van der Waals surface area contributed by atoms with E-state index in [0.717, 1.165) is 4.31 Å². The minimum atomic E-state index is -4.43. The molecule has 0 saturated carbocycles. The van der Waals surface area contributed by atoms with Crippen molar-refractivity contribution in [1.29, 1.82) is 0 Å². The van der Waals surface area contributed by atoms with E-state index >= 15 is 0 Å². The van der Waals surface area contributed by atoms with Crippen molar-refractivity contribution in [3.63, 3.8) is 0 Å². The zero-order valence-corrected chi connectivity index (χ0v) is 19.6. The summed E-state index contributed by atoms with van der Waals surface area (Å²) in [7, 11) is -1.77. The van der Waals surface area contributed by atoms with Gasteiger partial charge in [0.2, 0.25) is 0 Å².